The Balaban J connectivity index is 2.79. The van der Waals surface area contributed by atoms with Gasteiger partial charge >= 0.3 is 0 Å². The molecule has 0 atom stereocenters. The molecule has 0 aliphatic heterocycles. The van der Waals surface area contributed by atoms with Crippen molar-refractivity contribution in [1.29, 1.82) is 0 Å². The maximum Gasteiger partial charge on any atom is 0.248 e. The average Bonchev–Trinajstić information content (AvgIpc) is 2.15. The highest BCUT2D eigenvalue weighted by molar-refractivity contribution is 5.94. The van der Waals surface area contributed by atoms with Crippen LogP contribution in [0.1, 0.15) is 36.2 Å². The fourth-order valence-electron chi connectivity index (χ4n) is 1.42. The monoisotopic (exact) mass is 191 g/mol. The minimum atomic E-state index is -0.329. The number of hydrogen-bond donors (Lipinski definition) is 1. The summed E-state index contributed by atoms with van der Waals surface area (Å²) in [6.07, 6.45) is 2.01. The lowest BCUT2D eigenvalue weighted by Gasteiger charge is -2.07. The number of rotatable bonds is 4. The molecule has 1 aromatic carbocycles. The van der Waals surface area contributed by atoms with E-state index in [2.05, 4.69) is 13.8 Å². The van der Waals surface area contributed by atoms with Gasteiger partial charge in [0.2, 0.25) is 5.91 Å². The van der Waals surface area contributed by atoms with Gasteiger partial charge in [0.15, 0.2) is 0 Å². The minimum Gasteiger partial charge on any atom is -0.366 e. The van der Waals surface area contributed by atoms with E-state index in [-0.39, 0.29) is 5.91 Å². The molecule has 0 aromatic heterocycles. The molecule has 0 saturated heterocycles. The first kappa shape index (κ1) is 10.8. The summed E-state index contributed by atoms with van der Waals surface area (Å²) in [4.78, 5) is 11.1. The highest BCUT2D eigenvalue weighted by Gasteiger charge is 2.06. The SMILES string of the molecule is CC(C)CCc1ccccc1C(N)=O. The lowest BCUT2D eigenvalue weighted by molar-refractivity contribution is 0.0999. The third kappa shape index (κ3) is 2.87. The third-order valence-electron chi connectivity index (χ3n) is 2.27. The van der Waals surface area contributed by atoms with Crippen molar-refractivity contribution in [2.45, 2.75) is 26.7 Å². The van der Waals surface area contributed by atoms with E-state index in [0.29, 0.717) is 11.5 Å². The zero-order valence-electron chi connectivity index (χ0n) is 8.79. The van der Waals surface area contributed by atoms with Crippen molar-refractivity contribution in [3.63, 3.8) is 0 Å². The smallest absolute Gasteiger partial charge is 0.248 e. The normalized spacial score (nSPS) is 10.5. The number of nitrogens with two attached hydrogens (primary N) is 1. The second-order valence-electron chi connectivity index (χ2n) is 3.95. The van der Waals surface area contributed by atoms with E-state index in [4.69, 9.17) is 5.73 Å². The fourth-order valence-corrected chi connectivity index (χ4v) is 1.42. The second kappa shape index (κ2) is 4.80. The molecule has 0 heterocycles. The van der Waals surface area contributed by atoms with E-state index < -0.39 is 0 Å². The van der Waals surface area contributed by atoms with Gasteiger partial charge in [0.25, 0.3) is 0 Å². The van der Waals surface area contributed by atoms with Crippen molar-refractivity contribution in [2.24, 2.45) is 11.7 Å². The van der Waals surface area contributed by atoms with E-state index >= 15 is 0 Å². The van der Waals surface area contributed by atoms with Crippen LogP contribution in [0.3, 0.4) is 0 Å². The zero-order valence-corrected chi connectivity index (χ0v) is 8.79. The van der Waals surface area contributed by atoms with Crippen LogP contribution >= 0.6 is 0 Å². The topological polar surface area (TPSA) is 43.1 Å². The quantitative estimate of drug-likeness (QED) is 0.780. The molecule has 0 aliphatic carbocycles. The number of amides is 1. The van der Waals surface area contributed by atoms with Gasteiger partial charge in [-0.25, -0.2) is 0 Å². The molecule has 14 heavy (non-hydrogen) atoms. The molecule has 0 bridgehead atoms. The Morgan fingerprint density at radius 1 is 1.36 bits per heavy atom. The van der Waals surface area contributed by atoms with Crippen LogP contribution in [0.4, 0.5) is 0 Å². The molecule has 0 radical (unpaired) electrons. The summed E-state index contributed by atoms with van der Waals surface area (Å²) in [6.45, 7) is 4.35. The zero-order chi connectivity index (χ0) is 10.6. The van der Waals surface area contributed by atoms with Crippen LogP contribution in [0.15, 0.2) is 24.3 Å². The van der Waals surface area contributed by atoms with E-state index in [0.717, 1.165) is 18.4 Å². The molecular formula is C12H17NO. The molecule has 2 heteroatoms. The lowest BCUT2D eigenvalue weighted by Crippen LogP contribution is -2.13. The van der Waals surface area contributed by atoms with E-state index in [1.165, 1.54) is 0 Å². The van der Waals surface area contributed by atoms with Crippen LogP contribution in [-0.4, -0.2) is 5.91 Å². The Bertz CT molecular complexity index is 318. The molecule has 1 amide bonds. The number of benzene rings is 1. The van der Waals surface area contributed by atoms with Gasteiger partial charge in [0.05, 0.1) is 0 Å². The first-order chi connectivity index (χ1) is 6.61. The summed E-state index contributed by atoms with van der Waals surface area (Å²) in [7, 11) is 0. The molecule has 0 unspecified atom stereocenters. The standard InChI is InChI=1S/C12H17NO/c1-9(2)7-8-10-5-3-4-6-11(10)12(13)14/h3-6,9H,7-8H2,1-2H3,(H2,13,14). The summed E-state index contributed by atoms with van der Waals surface area (Å²) in [6, 6.07) is 7.56. The van der Waals surface area contributed by atoms with Gasteiger partial charge in [0, 0.05) is 5.56 Å². The van der Waals surface area contributed by atoms with E-state index in [1.54, 1.807) is 6.07 Å². The van der Waals surface area contributed by atoms with Crippen LogP contribution in [-0.2, 0) is 6.42 Å². The summed E-state index contributed by atoms with van der Waals surface area (Å²) < 4.78 is 0. The Kier molecular flexibility index (Phi) is 3.69. The van der Waals surface area contributed by atoms with Crippen LogP contribution in [0.25, 0.3) is 0 Å². The summed E-state index contributed by atoms with van der Waals surface area (Å²) in [5, 5.41) is 0. The van der Waals surface area contributed by atoms with Gasteiger partial charge in [-0.15, -0.1) is 0 Å². The largest absolute Gasteiger partial charge is 0.366 e. The van der Waals surface area contributed by atoms with Crippen LogP contribution in [0.5, 0.6) is 0 Å². The molecule has 76 valence electrons. The predicted molar refractivity (Wildman–Crippen MR) is 58.1 cm³/mol. The molecule has 1 rings (SSSR count). The van der Waals surface area contributed by atoms with E-state index in [9.17, 15) is 4.79 Å². The second-order valence-corrected chi connectivity index (χ2v) is 3.95. The first-order valence-corrected chi connectivity index (χ1v) is 4.99. The number of carbonyl (C=O) groups excluding carboxylic acids is 1. The Morgan fingerprint density at radius 3 is 2.57 bits per heavy atom. The van der Waals surface area contributed by atoms with Crippen molar-refractivity contribution in [2.75, 3.05) is 0 Å². The maximum atomic E-state index is 11.1. The Labute approximate surface area is 85.1 Å². The van der Waals surface area contributed by atoms with Gasteiger partial charge in [-0.3, -0.25) is 4.79 Å². The van der Waals surface area contributed by atoms with Crippen LogP contribution in [0, 0.1) is 5.92 Å². The van der Waals surface area contributed by atoms with Crippen LogP contribution < -0.4 is 5.73 Å². The van der Waals surface area contributed by atoms with Crippen molar-refractivity contribution in [1.82, 2.24) is 0 Å². The summed E-state index contributed by atoms with van der Waals surface area (Å²) >= 11 is 0. The highest BCUT2D eigenvalue weighted by Crippen LogP contribution is 2.13. The molecule has 0 saturated carbocycles. The highest BCUT2D eigenvalue weighted by atomic mass is 16.1. The molecule has 1 aromatic rings. The van der Waals surface area contributed by atoms with Gasteiger partial charge in [-0.1, -0.05) is 32.0 Å². The molecule has 2 N–H and O–H groups in total. The molecular weight excluding hydrogens is 174 g/mol. The predicted octanol–water partition coefficient (Wildman–Crippen LogP) is 2.37. The van der Waals surface area contributed by atoms with Gasteiger partial charge in [0.1, 0.15) is 0 Å². The molecule has 0 spiro atoms. The minimum absolute atomic E-state index is 0.329. The van der Waals surface area contributed by atoms with Gasteiger partial charge in [-0.05, 0) is 30.4 Å². The summed E-state index contributed by atoms with van der Waals surface area (Å²) in [5.74, 6) is 0.320. The number of hydrogen-bond acceptors (Lipinski definition) is 1. The maximum absolute atomic E-state index is 11.1. The Hall–Kier alpha value is -1.31. The van der Waals surface area contributed by atoms with Crippen LogP contribution in [0.2, 0.25) is 0 Å². The summed E-state index contributed by atoms with van der Waals surface area (Å²) in [5.41, 5.74) is 7.01. The lowest BCUT2D eigenvalue weighted by atomic mass is 9.98. The van der Waals surface area contributed by atoms with Gasteiger partial charge < -0.3 is 5.73 Å². The fraction of sp³-hybridized carbons (Fsp3) is 0.417. The average molecular weight is 191 g/mol. The number of aryl methyl sites for hydroxylation is 1. The molecule has 0 fully saturated rings. The molecule has 2 nitrogen and oxygen atoms in total. The number of primary amides is 1. The Morgan fingerprint density at radius 2 is 2.00 bits per heavy atom. The van der Waals surface area contributed by atoms with Crippen molar-refractivity contribution in [3.8, 4) is 0 Å². The van der Waals surface area contributed by atoms with Gasteiger partial charge in [-0.2, -0.15) is 0 Å². The van der Waals surface area contributed by atoms with Crippen molar-refractivity contribution in [3.05, 3.63) is 35.4 Å². The third-order valence-corrected chi connectivity index (χ3v) is 2.27. The van der Waals surface area contributed by atoms with Crippen molar-refractivity contribution < 1.29 is 4.79 Å². The molecule has 0 aliphatic rings. The van der Waals surface area contributed by atoms with E-state index in [1.807, 2.05) is 18.2 Å². The first-order valence-electron chi connectivity index (χ1n) is 4.99. The van der Waals surface area contributed by atoms with Crippen molar-refractivity contribution >= 4 is 5.91 Å². The number of carbonyl (C=O) groups is 1.